The second kappa shape index (κ2) is 11.2. The Kier molecular flexibility index (Phi) is 8.14. The molecule has 9 heteroatoms. The lowest BCUT2D eigenvalue weighted by Gasteiger charge is -2.19. The normalized spacial score (nSPS) is 11.4. The maximum atomic E-state index is 12.6. The summed E-state index contributed by atoms with van der Waals surface area (Å²) >= 11 is 0. The lowest BCUT2D eigenvalue weighted by molar-refractivity contribution is -0.140. The summed E-state index contributed by atoms with van der Waals surface area (Å²) in [5.41, 5.74) is 1.10. The number of carbonyl (C=O) groups excluding carboxylic acids is 2. The highest BCUT2D eigenvalue weighted by atomic mass is 16.5. The fourth-order valence-electron chi connectivity index (χ4n) is 3.69. The van der Waals surface area contributed by atoms with Crippen LogP contribution in [0.5, 0.6) is 17.2 Å². The van der Waals surface area contributed by atoms with Gasteiger partial charge in [0.05, 0.1) is 26.2 Å². The van der Waals surface area contributed by atoms with E-state index in [1.54, 1.807) is 49.4 Å². The molecule has 3 rings (SSSR count). The van der Waals surface area contributed by atoms with Crippen LogP contribution in [0.1, 0.15) is 41.7 Å². The molecule has 184 valence electrons. The summed E-state index contributed by atoms with van der Waals surface area (Å²) in [5, 5.41) is 13.2. The number of benzene rings is 2. The molecule has 1 amide bonds. The number of carbonyl (C=O) groups is 2. The summed E-state index contributed by atoms with van der Waals surface area (Å²) in [5.74, 6) is -0.449. The Labute approximate surface area is 202 Å². The summed E-state index contributed by atoms with van der Waals surface area (Å²) in [6, 6.07) is 13.4. The molecule has 0 unspecified atom stereocenters. The minimum Gasteiger partial charge on any atom is -0.507 e. The van der Waals surface area contributed by atoms with Gasteiger partial charge in [-0.15, -0.1) is 0 Å². The van der Waals surface area contributed by atoms with E-state index in [-0.39, 0.29) is 36.0 Å². The van der Waals surface area contributed by atoms with Crippen molar-refractivity contribution in [2.24, 2.45) is 0 Å². The van der Waals surface area contributed by atoms with Gasteiger partial charge in [-0.05, 0) is 48.9 Å². The Morgan fingerprint density at radius 2 is 1.80 bits per heavy atom. The van der Waals surface area contributed by atoms with Crippen molar-refractivity contribution in [1.82, 2.24) is 0 Å². The molecule has 0 radical (unpaired) electrons. The lowest BCUT2D eigenvalue weighted by Crippen LogP contribution is -2.18. The number of rotatable bonds is 9. The van der Waals surface area contributed by atoms with Gasteiger partial charge in [-0.25, -0.2) is 4.79 Å². The second-order valence-corrected chi connectivity index (χ2v) is 7.84. The molecule has 3 aromatic rings. The van der Waals surface area contributed by atoms with Crippen LogP contribution in [0.4, 0.5) is 5.69 Å². The molecule has 0 aliphatic rings. The summed E-state index contributed by atoms with van der Waals surface area (Å²) in [7, 11) is 2.77. The third-order valence-corrected chi connectivity index (χ3v) is 5.31. The Morgan fingerprint density at radius 3 is 2.40 bits per heavy atom. The molecule has 0 spiro atoms. The molecule has 2 aromatic carbocycles. The maximum Gasteiger partial charge on any atom is 0.343 e. The first kappa shape index (κ1) is 25.4. The van der Waals surface area contributed by atoms with Crippen LogP contribution in [0.3, 0.4) is 0 Å². The van der Waals surface area contributed by atoms with Crippen molar-refractivity contribution in [2.45, 2.75) is 32.8 Å². The molecule has 1 heterocycles. The maximum absolute atomic E-state index is 12.6. The third kappa shape index (κ3) is 6.41. The van der Waals surface area contributed by atoms with Gasteiger partial charge < -0.3 is 29.1 Å². The monoisotopic (exact) mass is 481 g/mol. The highest BCUT2D eigenvalue weighted by molar-refractivity contribution is 5.88. The lowest BCUT2D eigenvalue weighted by atomic mass is 9.88. The number of aryl methyl sites for hydroxylation is 1. The van der Waals surface area contributed by atoms with Gasteiger partial charge >= 0.3 is 11.6 Å². The van der Waals surface area contributed by atoms with Crippen LogP contribution in [0.25, 0.3) is 0 Å². The van der Waals surface area contributed by atoms with E-state index in [0.717, 1.165) is 0 Å². The van der Waals surface area contributed by atoms with Gasteiger partial charge in [-0.2, -0.15) is 0 Å². The second-order valence-electron chi connectivity index (χ2n) is 7.84. The molecular formula is C26H27NO8. The topological polar surface area (TPSA) is 124 Å². The van der Waals surface area contributed by atoms with E-state index in [4.69, 9.17) is 18.6 Å². The molecule has 9 nitrogen and oxygen atoms in total. The number of anilines is 1. The number of hydrogen-bond donors (Lipinski definition) is 2. The smallest absolute Gasteiger partial charge is 0.343 e. The van der Waals surface area contributed by atoms with Crippen molar-refractivity contribution in [1.29, 1.82) is 0 Å². The number of amides is 1. The zero-order valence-electron chi connectivity index (χ0n) is 19.9. The first-order chi connectivity index (χ1) is 16.7. The van der Waals surface area contributed by atoms with Crippen LogP contribution < -0.4 is 20.4 Å². The number of methoxy groups -OCH3 is 2. The zero-order valence-corrected chi connectivity index (χ0v) is 19.9. The Balaban J connectivity index is 1.94. The Morgan fingerprint density at radius 1 is 1.09 bits per heavy atom. The van der Waals surface area contributed by atoms with Crippen molar-refractivity contribution >= 4 is 17.6 Å². The average molecular weight is 482 g/mol. The minimum atomic E-state index is -0.819. The van der Waals surface area contributed by atoms with Gasteiger partial charge in [-0.3, -0.25) is 9.59 Å². The number of nitrogens with one attached hydrogen (secondary N) is 1. The van der Waals surface area contributed by atoms with Gasteiger partial charge in [0.1, 0.15) is 29.6 Å². The van der Waals surface area contributed by atoms with Crippen LogP contribution in [0.2, 0.25) is 0 Å². The molecule has 0 saturated carbocycles. The first-order valence-electron chi connectivity index (χ1n) is 10.8. The van der Waals surface area contributed by atoms with Crippen LogP contribution in [0, 0.1) is 6.92 Å². The third-order valence-electron chi connectivity index (χ3n) is 5.31. The standard InChI is InChI=1S/C26H27NO8/c1-15-11-22(29)25(26(31)35-15)21(13-24(30)33-4)17-5-10-23(32-3)18(12-17)14-34-20-8-6-19(7-9-20)27-16(2)28/h5-12,21,29H,13-14H2,1-4H3,(H,27,28)/t21-/m0/s1. The summed E-state index contributed by atoms with van der Waals surface area (Å²) in [4.78, 5) is 36.0. The van der Waals surface area contributed by atoms with Crippen molar-refractivity contribution in [3.8, 4) is 17.2 Å². The Bertz CT molecular complexity index is 1260. The molecule has 35 heavy (non-hydrogen) atoms. The molecular weight excluding hydrogens is 454 g/mol. The van der Waals surface area contributed by atoms with Gasteiger partial charge in [0, 0.05) is 30.2 Å². The largest absolute Gasteiger partial charge is 0.507 e. The predicted octanol–water partition coefficient (Wildman–Crippen LogP) is 3.89. The molecule has 1 atom stereocenters. The SMILES string of the molecule is COC(=O)C[C@@H](c1ccc(OC)c(COc2ccc(NC(C)=O)cc2)c1)c1c(O)cc(C)oc1=O. The van der Waals surface area contributed by atoms with Gasteiger partial charge in [-0.1, -0.05) is 6.07 Å². The van der Waals surface area contributed by atoms with E-state index < -0.39 is 17.5 Å². The summed E-state index contributed by atoms with van der Waals surface area (Å²) in [6.07, 6.45) is -0.185. The van der Waals surface area contributed by atoms with E-state index in [2.05, 4.69) is 5.32 Å². The molecule has 2 N–H and O–H groups in total. The predicted molar refractivity (Wildman–Crippen MR) is 128 cm³/mol. The molecule has 0 aliphatic carbocycles. The van der Waals surface area contributed by atoms with Crippen molar-refractivity contribution < 1.29 is 33.3 Å². The number of aromatic hydroxyl groups is 1. The van der Waals surface area contributed by atoms with E-state index in [1.807, 2.05) is 0 Å². The molecule has 1 aromatic heterocycles. The fourth-order valence-corrected chi connectivity index (χ4v) is 3.69. The van der Waals surface area contributed by atoms with E-state index in [0.29, 0.717) is 28.3 Å². The minimum absolute atomic E-state index is 0.0356. The quantitative estimate of drug-likeness (QED) is 0.441. The van der Waals surface area contributed by atoms with E-state index in [9.17, 15) is 19.5 Å². The number of ether oxygens (including phenoxy) is 3. The molecule has 0 fully saturated rings. The van der Waals surface area contributed by atoms with E-state index >= 15 is 0 Å². The summed E-state index contributed by atoms with van der Waals surface area (Å²) < 4.78 is 21.3. The summed E-state index contributed by atoms with van der Waals surface area (Å²) in [6.45, 7) is 3.10. The van der Waals surface area contributed by atoms with Crippen molar-refractivity contribution in [3.05, 3.63) is 81.4 Å². The Hall–Kier alpha value is -4.27. The average Bonchev–Trinajstić information content (AvgIpc) is 2.81. The van der Waals surface area contributed by atoms with Crippen molar-refractivity contribution in [3.63, 3.8) is 0 Å². The highest BCUT2D eigenvalue weighted by Crippen LogP contribution is 2.35. The van der Waals surface area contributed by atoms with Crippen LogP contribution >= 0.6 is 0 Å². The van der Waals surface area contributed by atoms with E-state index in [1.165, 1.54) is 27.2 Å². The molecule has 0 bridgehead atoms. The molecule has 0 saturated heterocycles. The fraction of sp³-hybridized carbons (Fsp3) is 0.269. The number of esters is 1. The van der Waals surface area contributed by atoms with Gasteiger partial charge in [0.25, 0.3) is 0 Å². The van der Waals surface area contributed by atoms with Crippen LogP contribution in [-0.4, -0.2) is 31.2 Å². The highest BCUT2D eigenvalue weighted by Gasteiger charge is 2.27. The van der Waals surface area contributed by atoms with Gasteiger partial charge in [0.2, 0.25) is 5.91 Å². The molecule has 0 aliphatic heterocycles. The zero-order chi connectivity index (χ0) is 25.5. The van der Waals surface area contributed by atoms with Crippen molar-refractivity contribution in [2.75, 3.05) is 19.5 Å². The number of hydrogen-bond acceptors (Lipinski definition) is 8. The van der Waals surface area contributed by atoms with Gasteiger partial charge in [0.15, 0.2) is 0 Å². The van der Waals surface area contributed by atoms with Crippen LogP contribution in [-0.2, 0) is 20.9 Å². The van der Waals surface area contributed by atoms with Crippen LogP contribution in [0.15, 0.2) is 57.7 Å². The first-order valence-corrected chi connectivity index (χ1v) is 10.8.